The molecule has 0 unspecified atom stereocenters. The van der Waals surface area contributed by atoms with Gasteiger partial charge in [-0.25, -0.2) is 0 Å². The Morgan fingerprint density at radius 1 is 0.449 bits per heavy atom. The normalized spacial score (nSPS) is 30.4. The van der Waals surface area contributed by atoms with E-state index in [9.17, 15) is 30.6 Å². The topological polar surface area (TPSA) is 168 Å². The molecular formula is C36H40O11P2. The van der Waals surface area contributed by atoms with Gasteiger partial charge >= 0.3 is 0 Å². The maximum absolute atomic E-state index is 11.8. The van der Waals surface area contributed by atoms with Gasteiger partial charge in [-0.2, -0.15) is 0 Å². The standard InChI is InChI=1S/C36H40O11P2/c37-21-27-29(39)31(41)32(42)35(43-27)45-36-34(47-49(25-17-9-3-10-18-25)26-19-11-4-12-20-26)33(30(40)28(22-38)44-36)46-48(23-13-5-1-6-14-23)24-15-7-2-8-16-24/h1-20,27-42H,21-22H2/t27-,28-,29-,30-,31+,32-,33-,34+,35-,36-/m1/s1. The number of aliphatic hydroxyl groups excluding tert-OH is 6. The second-order valence-corrected chi connectivity index (χ2v) is 15.3. The predicted octanol–water partition coefficient (Wildman–Crippen LogP) is 0.747. The molecular weight excluding hydrogens is 670 g/mol. The van der Waals surface area contributed by atoms with Gasteiger partial charge in [-0.3, -0.25) is 0 Å². The molecule has 4 aromatic carbocycles. The summed E-state index contributed by atoms with van der Waals surface area (Å²) in [6.45, 7) is -1.27. The van der Waals surface area contributed by atoms with Crippen molar-refractivity contribution in [2.45, 2.75) is 61.4 Å². The van der Waals surface area contributed by atoms with Crippen molar-refractivity contribution in [1.29, 1.82) is 0 Å². The molecule has 0 radical (unpaired) electrons. The van der Waals surface area contributed by atoms with E-state index in [-0.39, 0.29) is 0 Å². The van der Waals surface area contributed by atoms with Crippen LogP contribution in [0.25, 0.3) is 0 Å². The Balaban J connectivity index is 1.43. The Kier molecular flexibility index (Phi) is 12.5. The highest BCUT2D eigenvalue weighted by molar-refractivity contribution is 7.69. The number of ether oxygens (including phenoxy) is 3. The quantitative estimate of drug-likeness (QED) is 0.115. The summed E-state index contributed by atoms with van der Waals surface area (Å²) in [4.78, 5) is 0. The van der Waals surface area contributed by atoms with Gasteiger partial charge in [0.25, 0.3) is 0 Å². The SMILES string of the molecule is OC[C@H]1O[C@H](O[C@H]2O[C@H](CO)[C@@H](O)[C@@H](OP(c3ccccc3)c3ccccc3)[C@@H]2OP(c2ccccc2)c2ccccc2)[C@H](O)[C@@H](O)[C@@H]1O. The summed E-state index contributed by atoms with van der Waals surface area (Å²) in [6.07, 6.45) is -14.3. The van der Waals surface area contributed by atoms with Crippen molar-refractivity contribution in [3.05, 3.63) is 121 Å². The van der Waals surface area contributed by atoms with E-state index in [1.54, 1.807) is 0 Å². The molecule has 2 saturated heterocycles. The van der Waals surface area contributed by atoms with Crippen molar-refractivity contribution in [2.75, 3.05) is 13.2 Å². The van der Waals surface area contributed by atoms with Crippen molar-refractivity contribution < 1.29 is 53.9 Å². The number of hydrogen-bond acceptors (Lipinski definition) is 11. The van der Waals surface area contributed by atoms with E-state index in [0.717, 1.165) is 21.2 Å². The predicted molar refractivity (Wildman–Crippen MR) is 184 cm³/mol. The summed E-state index contributed by atoms with van der Waals surface area (Å²) in [7, 11) is -3.17. The van der Waals surface area contributed by atoms with Gasteiger partial charge in [0.15, 0.2) is 12.6 Å². The molecule has 2 aliphatic rings. The van der Waals surface area contributed by atoms with Crippen LogP contribution in [0.4, 0.5) is 0 Å². The maximum atomic E-state index is 11.8. The molecule has 0 spiro atoms. The Labute approximate surface area is 286 Å². The Morgan fingerprint density at radius 2 is 0.816 bits per heavy atom. The molecule has 13 heteroatoms. The lowest BCUT2D eigenvalue weighted by atomic mass is 9.98. The molecule has 0 bridgehead atoms. The third kappa shape index (κ3) is 8.28. The van der Waals surface area contributed by atoms with E-state index in [4.69, 9.17) is 23.3 Å². The van der Waals surface area contributed by atoms with Crippen LogP contribution in [-0.4, -0.2) is 105 Å². The Hall–Kier alpha value is -2.70. The van der Waals surface area contributed by atoms with Crippen LogP contribution >= 0.6 is 16.3 Å². The van der Waals surface area contributed by atoms with Crippen molar-refractivity contribution in [3.8, 4) is 0 Å². The van der Waals surface area contributed by atoms with Crippen LogP contribution in [0.3, 0.4) is 0 Å². The lowest BCUT2D eigenvalue weighted by molar-refractivity contribution is -0.371. The molecule has 2 heterocycles. The van der Waals surface area contributed by atoms with Crippen LogP contribution in [0.2, 0.25) is 0 Å². The number of benzene rings is 4. The summed E-state index contributed by atoms with van der Waals surface area (Å²) < 4.78 is 31.9. The summed E-state index contributed by atoms with van der Waals surface area (Å²) in [5, 5.41) is 67.3. The molecule has 0 aliphatic carbocycles. The monoisotopic (exact) mass is 710 g/mol. The van der Waals surface area contributed by atoms with E-state index in [1.807, 2.05) is 121 Å². The molecule has 10 atom stereocenters. The molecule has 260 valence electrons. The average Bonchev–Trinajstić information content (AvgIpc) is 3.15. The zero-order valence-electron chi connectivity index (χ0n) is 26.4. The molecule has 2 fully saturated rings. The second-order valence-electron chi connectivity index (χ2n) is 11.6. The third-order valence-corrected chi connectivity index (χ3v) is 12.3. The first-order valence-corrected chi connectivity index (χ1v) is 18.5. The lowest BCUT2D eigenvalue weighted by Gasteiger charge is -2.47. The zero-order chi connectivity index (χ0) is 34.3. The van der Waals surface area contributed by atoms with E-state index in [0.29, 0.717) is 0 Å². The first-order chi connectivity index (χ1) is 23.9. The zero-order valence-corrected chi connectivity index (χ0v) is 28.1. The van der Waals surface area contributed by atoms with E-state index < -0.39 is 90.9 Å². The smallest absolute Gasteiger partial charge is 0.190 e. The van der Waals surface area contributed by atoms with Crippen molar-refractivity contribution in [3.63, 3.8) is 0 Å². The van der Waals surface area contributed by atoms with Crippen LogP contribution < -0.4 is 21.2 Å². The minimum absolute atomic E-state index is 0.608. The van der Waals surface area contributed by atoms with Gasteiger partial charge < -0.3 is 53.9 Å². The first-order valence-electron chi connectivity index (χ1n) is 15.9. The fraction of sp³-hybridized carbons (Fsp3) is 0.333. The van der Waals surface area contributed by atoms with Gasteiger partial charge in [-0.1, -0.05) is 121 Å². The minimum atomic E-state index is -1.74. The number of aliphatic hydroxyl groups is 6. The second kappa shape index (κ2) is 17.0. The molecule has 0 aromatic heterocycles. The summed E-state index contributed by atoms with van der Waals surface area (Å²) in [5.74, 6) is 0. The summed E-state index contributed by atoms with van der Waals surface area (Å²) >= 11 is 0. The van der Waals surface area contributed by atoms with Crippen LogP contribution in [0, 0.1) is 0 Å². The summed E-state index contributed by atoms with van der Waals surface area (Å²) in [6, 6.07) is 38.2. The molecule has 4 aromatic rings. The number of hydrogen-bond donors (Lipinski definition) is 6. The maximum Gasteiger partial charge on any atom is 0.190 e. The average molecular weight is 711 g/mol. The van der Waals surface area contributed by atoms with Gasteiger partial charge in [0.05, 0.1) is 29.5 Å². The van der Waals surface area contributed by atoms with Gasteiger partial charge in [-0.05, 0) is 0 Å². The van der Waals surface area contributed by atoms with Gasteiger partial charge in [0.2, 0.25) is 0 Å². The molecule has 0 amide bonds. The highest BCUT2D eigenvalue weighted by Gasteiger charge is 2.53. The Morgan fingerprint density at radius 3 is 1.22 bits per heavy atom. The molecule has 2 aliphatic heterocycles. The van der Waals surface area contributed by atoms with Gasteiger partial charge in [0.1, 0.15) is 48.8 Å². The highest BCUT2D eigenvalue weighted by Crippen LogP contribution is 2.46. The van der Waals surface area contributed by atoms with Crippen LogP contribution in [0.15, 0.2) is 121 Å². The van der Waals surface area contributed by atoms with Crippen molar-refractivity contribution in [2.24, 2.45) is 0 Å². The van der Waals surface area contributed by atoms with E-state index in [1.165, 1.54) is 0 Å². The largest absolute Gasteiger partial charge is 0.394 e. The molecule has 49 heavy (non-hydrogen) atoms. The van der Waals surface area contributed by atoms with Gasteiger partial charge in [0, 0.05) is 21.2 Å². The minimum Gasteiger partial charge on any atom is -0.394 e. The lowest BCUT2D eigenvalue weighted by Crippen LogP contribution is -2.64. The molecule has 11 nitrogen and oxygen atoms in total. The molecule has 0 saturated carbocycles. The van der Waals surface area contributed by atoms with Gasteiger partial charge in [-0.15, -0.1) is 0 Å². The fourth-order valence-electron chi connectivity index (χ4n) is 5.73. The van der Waals surface area contributed by atoms with Crippen LogP contribution in [0.5, 0.6) is 0 Å². The number of rotatable bonds is 12. The van der Waals surface area contributed by atoms with Crippen molar-refractivity contribution >= 4 is 37.5 Å². The van der Waals surface area contributed by atoms with Crippen LogP contribution in [0.1, 0.15) is 0 Å². The molecule has 6 rings (SSSR count). The van der Waals surface area contributed by atoms with Crippen molar-refractivity contribution in [1.82, 2.24) is 0 Å². The van der Waals surface area contributed by atoms with E-state index in [2.05, 4.69) is 0 Å². The van der Waals surface area contributed by atoms with Crippen LogP contribution in [-0.2, 0) is 23.3 Å². The highest BCUT2D eigenvalue weighted by atomic mass is 31.1. The fourth-order valence-corrected chi connectivity index (χ4v) is 9.54. The molecule has 6 N–H and O–H groups in total. The summed E-state index contributed by atoms with van der Waals surface area (Å²) in [5.41, 5.74) is 0. The Bertz CT molecular complexity index is 1480. The van der Waals surface area contributed by atoms with E-state index >= 15 is 0 Å². The third-order valence-electron chi connectivity index (χ3n) is 8.33. The first kappa shape index (κ1) is 36.1.